The second kappa shape index (κ2) is 9.33. The number of carbonyl (C=O) groups excluding carboxylic acids is 2. The normalized spacial score (nSPS) is 15.4. The Morgan fingerprint density at radius 3 is 2.31 bits per heavy atom. The van der Waals surface area contributed by atoms with Gasteiger partial charge in [0.25, 0.3) is 5.91 Å². The smallest absolute Gasteiger partial charge is 0.256 e. The summed E-state index contributed by atoms with van der Waals surface area (Å²) in [5.41, 5.74) is 0.885. The molecule has 1 N–H and O–H groups in total. The monoisotopic (exact) mass is 469 g/mol. The maximum Gasteiger partial charge on any atom is 0.256 e. The van der Waals surface area contributed by atoms with Gasteiger partial charge in [-0.1, -0.05) is 30.3 Å². The zero-order chi connectivity index (χ0) is 22.7. The van der Waals surface area contributed by atoms with E-state index in [2.05, 4.69) is 10.2 Å². The Hall–Kier alpha value is -2.85. The molecular formula is C23H23N3O4S2. The number of likely N-dealkylation sites (N-methyl/N-ethyl adjacent to an activating group) is 1. The van der Waals surface area contributed by atoms with Crippen LogP contribution in [0.5, 0.6) is 0 Å². The van der Waals surface area contributed by atoms with E-state index in [0.29, 0.717) is 42.3 Å². The SMILES string of the molecule is CN1CCN(S(=O)(=O)c2cccc(NC(=O)c3ccccc3C(=O)c3cccs3)c2)CC1. The summed E-state index contributed by atoms with van der Waals surface area (Å²) in [5, 5.41) is 4.55. The molecule has 0 aliphatic carbocycles. The largest absolute Gasteiger partial charge is 0.322 e. The molecule has 0 bridgehead atoms. The van der Waals surface area contributed by atoms with Crippen LogP contribution >= 0.6 is 11.3 Å². The Balaban J connectivity index is 1.56. The van der Waals surface area contributed by atoms with Gasteiger partial charge in [-0.2, -0.15) is 4.31 Å². The van der Waals surface area contributed by atoms with Crippen molar-refractivity contribution >= 4 is 38.7 Å². The highest BCUT2D eigenvalue weighted by molar-refractivity contribution is 7.89. The van der Waals surface area contributed by atoms with Gasteiger partial charge in [-0.15, -0.1) is 11.3 Å². The topological polar surface area (TPSA) is 86.8 Å². The van der Waals surface area contributed by atoms with Gasteiger partial charge in [0.05, 0.1) is 15.3 Å². The van der Waals surface area contributed by atoms with Gasteiger partial charge in [-0.05, 0) is 42.8 Å². The van der Waals surface area contributed by atoms with Crippen LogP contribution < -0.4 is 5.32 Å². The van der Waals surface area contributed by atoms with Crippen molar-refractivity contribution in [2.75, 3.05) is 38.5 Å². The number of piperazine rings is 1. The Bertz CT molecular complexity index is 1230. The number of thiophene rings is 1. The lowest BCUT2D eigenvalue weighted by Crippen LogP contribution is -2.47. The van der Waals surface area contributed by atoms with Gasteiger partial charge in [0.2, 0.25) is 15.8 Å². The van der Waals surface area contributed by atoms with E-state index in [1.54, 1.807) is 48.5 Å². The van der Waals surface area contributed by atoms with Gasteiger partial charge in [-0.3, -0.25) is 9.59 Å². The third kappa shape index (κ3) is 4.66. The van der Waals surface area contributed by atoms with E-state index in [0.717, 1.165) is 0 Å². The molecule has 0 spiro atoms. The van der Waals surface area contributed by atoms with Gasteiger partial charge in [0.15, 0.2) is 0 Å². The number of hydrogen-bond acceptors (Lipinski definition) is 6. The first-order valence-corrected chi connectivity index (χ1v) is 12.5. The standard InChI is InChI=1S/C23H23N3O4S2/c1-25-11-13-26(14-12-25)32(29,30)18-7-4-6-17(16-18)24-23(28)20-9-3-2-8-19(20)22(27)21-10-5-15-31-21/h2-10,15-16H,11-14H2,1H3,(H,24,28). The molecule has 4 rings (SSSR count). The summed E-state index contributed by atoms with van der Waals surface area (Å²) in [4.78, 5) is 28.5. The van der Waals surface area contributed by atoms with E-state index in [1.165, 1.54) is 27.8 Å². The number of nitrogens with zero attached hydrogens (tertiary/aromatic N) is 2. The fourth-order valence-electron chi connectivity index (χ4n) is 3.53. The average molecular weight is 470 g/mol. The molecule has 2 heterocycles. The van der Waals surface area contributed by atoms with Crippen molar-refractivity contribution < 1.29 is 18.0 Å². The molecule has 0 radical (unpaired) electrons. The lowest BCUT2D eigenvalue weighted by molar-refractivity contribution is 0.0997. The summed E-state index contributed by atoms with van der Waals surface area (Å²) in [7, 11) is -1.70. The van der Waals surface area contributed by atoms with Crippen LogP contribution in [0.3, 0.4) is 0 Å². The van der Waals surface area contributed by atoms with Crippen LogP contribution in [-0.4, -0.2) is 62.5 Å². The average Bonchev–Trinajstić information content (AvgIpc) is 3.34. The molecule has 1 fully saturated rings. The molecule has 1 saturated heterocycles. The fraction of sp³-hybridized carbons (Fsp3) is 0.217. The number of rotatable bonds is 6. The number of anilines is 1. The first-order chi connectivity index (χ1) is 15.4. The Labute approximate surface area is 191 Å². The van der Waals surface area contributed by atoms with Crippen LogP contribution in [0.15, 0.2) is 70.9 Å². The van der Waals surface area contributed by atoms with Crippen LogP contribution in [0.1, 0.15) is 25.6 Å². The van der Waals surface area contributed by atoms with Gasteiger partial charge in [-0.25, -0.2) is 8.42 Å². The summed E-state index contributed by atoms with van der Waals surface area (Å²) < 4.78 is 27.5. The number of amides is 1. The molecule has 32 heavy (non-hydrogen) atoms. The van der Waals surface area contributed by atoms with Gasteiger partial charge in [0, 0.05) is 37.4 Å². The second-order valence-corrected chi connectivity index (χ2v) is 10.4. The van der Waals surface area contributed by atoms with E-state index in [4.69, 9.17) is 0 Å². The van der Waals surface area contributed by atoms with Crippen molar-refractivity contribution in [1.82, 2.24) is 9.21 Å². The molecule has 0 unspecified atom stereocenters. The minimum Gasteiger partial charge on any atom is -0.322 e. The van der Waals surface area contributed by atoms with E-state index in [9.17, 15) is 18.0 Å². The molecule has 7 nitrogen and oxygen atoms in total. The van der Waals surface area contributed by atoms with Crippen LogP contribution in [-0.2, 0) is 10.0 Å². The van der Waals surface area contributed by atoms with Crippen molar-refractivity contribution in [1.29, 1.82) is 0 Å². The minimum absolute atomic E-state index is 0.128. The molecule has 9 heteroatoms. The molecule has 0 atom stereocenters. The Kier molecular flexibility index (Phi) is 6.52. The molecule has 3 aromatic rings. The fourth-order valence-corrected chi connectivity index (χ4v) is 5.68. The first kappa shape index (κ1) is 22.3. The maximum absolute atomic E-state index is 13.0. The minimum atomic E-state index is -3.66. The van der Waals surface area contributed by atoms with Crippen molar-refractivity contribution in [3.63, 3.8) is 0 Å². The van der Waals surface area contributed by atoms with Crippen molar-refractivity contribution in [3.05, 3.63) is 82.0 Å². The van der Waals surface area contributed by atoms with Gasteiger partial charge in [0.1, 0.15) is 0 Å². The van der Waals surface area contributed by atoms with Crippen LogP contribution in [0.4, 0.5) is 5.69 Å². The Morgan fingerprint density at radius 2 is 1.62 bits per heavy atom. The zero-order valence-electron chi connectivity index (χ0n) is 17.5. The Morgan fingerprint density at radius 1 is 0.906 bits per heavy atom. The number of sulfonamides is 1. The molecule has 0 saturated carbocycles. The molecule has 1 aliphatic rings. The molecular weight excluding hydrogens is 446 g/mol. The summed E-state index contributed by atoms with van der Waals surface area (Å²) in [5.74, 6) is -0.697. The predicted molar refractivity (Wildman–Crippen MR) is 125 cm³/mol. The van der Waals surface area contributed by atoms with Crippen LogP contribution in [0.25, 0.3) is 0 Å². The van der Waals surface area contributed by atoms with E-state index < -0.39 is 15.9 Å². The van der Waals surface area contributed by atoms with E-state index in [-0.39, 0.29) is 16.2 Å². The van der Waals surface area contributed by atoms with Crippen LogP contribution in [0, 0.1) is 0 Å². The zero-order valence-corrected chi connectivity index (χ0v) is 19.2. The van der Waals surface area contributed by atoms with Gasteiger partial charge >= 0.3 is 0 Å². The highest BCUT2D eigenvalue weighted by Crippen LogP contribution is 2.23. The van der Waals surface area contributed by atoms with E-state index >= 15 is 0 Å². The highest BCUT2D eigenvalue weighted by Gasteiger charge is 2.28. The lowest BCUT2D eigenvalue weighted by atomic mass is 10.0. The summed E-state index contributed by atoms with van der Waals surface area (Å²) in [6.07, 6.45) is 0. The highest BCUT2D eigenvalue weighted by atomic mass is 32.2. The number of hydrogen-bond donors (Lipinski definition) is 1. The molecule has 1 aromatic heterocycles. The third-order valence-corrected chi connectivity index (χ3v) is 8.12. The predicted octanol–water partition coefficient (Wildman–Crippen LogP) is 3.17. The van der Waals surface area contributed by atoms with Gasteiger partial charge < -0.3 is 10.2 Å². The summed E-state index contributed by atoms with van der Waals surface area (Å²) >= 11 is 1.31. The molecule has 2 aromatic carbocycles. The number of nitrogens with one attached hydrogen (secondary N) is 1. The van der Waals surface area contributed by atoms with Crippen molar-refractivity contribution in [2.24, 2.45) is 0 Å². The molecule has 166 valence electrons. The second-order valence-electron chi connectivity index (χ2n) is 7.54. The number of carbonyl (C=O) groups is 2. The summed E-state index contributed by atoms with van der Waals surface area (Å²) in [6, 6.07) is 16.3. The third-order valence-electron chi connectivity index (χ3n) is 5.35. The summed E-state index contributed by atoms with van der Waals surface area (Å²) in [6.45, 7) is 2.19. The van der Waals surface area contributed by atoms with E-state index in [1.807, 2.05) is 12.4 Å². The molecule has 1 aliphatic heterocycles. The van der Waals surface area contributed by atoms with Crippen molar-refractivity contribution in [2.45, 2.75) is 4.90 Å². The lowest BCUT2D eigenvalue weighted by Gasteiger charge is -2.31. The van der Waals surface area contributed by atoms with Crippen LogP contribution in [0.2, 0.25) is 0 Å². The number of ketones is 1. The maximum atomic E-state index is 13.0. The first-order valence-electron chi connectivity index (χ1n) is 10.1. The van der Waals surface area contributed by atoms with Crippen molar-refractivity contribution in [3.8, 4) is 0 Å². The quantitative estimate of drug-likeness (QED) is 0.561. The molecule has 1 amide bonds. The number of benzene rings is 2.